The fourth-order valence-corrected chi connectivity index (χ4v) is 12.0. The normalized spacial score (nSPS) is 13.2. The van der Waals surface area contributed by atoms with Crippen LogP contribution in [0.3, 0.4) is 0 Å². The van der Waals surface area contributed by atoms with Gasteiger partial charge < -0.3 is 9.13 Å². The van der Waals surface area contributed by atoms with Gasteiger partial charge in [0.1, 0.15) is 6.07 Å². The zero-order chi connectivity index (χ0) is 74.5. The summed E-state index contributed by atoms with van der Waals surface area (Å²) in [6.07, 6.45) is -49.3. The summed E-state index contributed by atoms with van der Waals surface area (Å²) in [7, 11) is 0. The van der Waals surface area contributed by atoms with Crippen LogP contribution in [0.1, 0.15) is 61.2 Å². The maximum Gasteiger partial charge on any atom is 0.416 e. The van der Waals surface area contributed by atoms with Crippen molar-refractivity contribution in [2.75, 3.05) is 0 Å². The average molecular weight is 1450 g/mol. The number of halogens is 27. The Bertz CT molecular complexity index is 5140. The van der Waals surface area contributed by atoms with E-state index < -0.39 is 206 Å². The Morgan fingerprint density at radius 1 is 0.216 bits per heavy atom. The predicted octanol–water partition coefficient (Wildman–Crippen LogP) is 25.1. The molecule has 0 amide bonds. The molecule has 0 spiro atoms. The van der Waals surface area contributed by atoms with E-state index in [1.54, 1.807) is 6.07 Å². The number of alkyl halides is 27. The van der Waals surface area contributed by atoms with Crippen molar-refractivity contribution in [3.8, 4) is 79.1 Å². The number of hydrogen-bond acceptors (Lipinski definition) is 2. The number of aromatic nitrogens is 2. The summed E-state index contributed by atoms with van der Waals surface area (Å²) in [5, 5.41) is 21.2. The molecule has 4 nitrogen and oxygen atoms in total. The monoisotopic (exact) mass is 1450 g/mol. The number of nitrogens with zero attached hydrogens (tertiary/aromatic N) is 4. The molecule has 2 aromatic heterocycles. The molecule has 10 aromatic carbocycles. The highest BCUT2D eigenvalue weighted by Gasteiger charge is 2.42. The molecule has 0 radical (unpaired) electrons. The lowest BCUT2D eigenvalue weighted by Crippen LogP contribution is -2.11. The predicted molar refractivity (Wildman–Crippen MR) is 317 cm³/mol. The van der Waals surface area contributed by atoms with Gasteiger partial charge in [-0.25, -0.2) is 0 Å². The van der Waals surface area contributed by atoms with Gasteiger partial charge in [-0.2, -0.15) is 129 Å². The summed E-state index contributed by atoms with van der Waals surface area (Å²) in [4.78, 5) is 0. The van der Waals surface area contributed by atoms with E-state index in [2.05, 4.69) is 0 Å². The van der Waals surface area contributed by atoms with Crippen LogP contribution in [0, 0.1) is 22.7 Å². The van der Waals surface area contributed by atoms with E-state index in [-0.39, 0.29) is 94.3 Å². The molecular weight excluding hydrogens is 1420 g/mol. The summed E-state index contributed by atoms with van der Waals surface area (Å²) in [5.41, 5.74) is -28.1. The van der Waals surface area contributed by atoms with Gasteiger partial charge in [0.25, 0.3) is 0 Å². The molecular formula is C71H29F27N4. The number of nitriles is 2. The van der Waals surface area contributed by atoms with Gasteiger partial charge in [-0.15, -0.1) is 0 Å². The zero-order valence-electron chi connectivity index (χ0n) is 49.7. The van der Waals surface area contributed by atoms with Crippen molar-refractivity contribution < 1.29 is 119 Å². The highest BCUT2D eigenvalue weighted by atomic mass is 19.4. The summed E-state index contributed by atoms with van der Waals surface area (Å²) in [6.45, 7) is 0. The first kappa shape index (κ1) is 70.7. The second kappa shape index (κ2) is 23.8. The number of fused-ring (bicyclic) bond motifs is 6. The molecule has 0 aliphatic carbocycles. The van der Waals surface area contributed by atoms with Crippen LogP contribution in [0.4, 0.5) is 119 Å². The van der Waals surface area contributed by atoms with E-state index in [9.17, 15) is 116 Å². The van der Waals surface area contributed by atoms with Gasteiger partial charge in [-0.05, 0) is 177 Å². The van der Waals surface area contributed by atoms with E-state index in [4.69, 9.17) is 0 Å². The molecule has 12 aromatic rings. The maximum absolute atomic E-state index is 15.2. The van der Waals surface area contributed by atoms with E-state index in [1.807, 2.05) is 0 Å². The molecule has 522 valence electrons. The molecule has 2 heterocycles. The minimum absolute atomic E-state index is 0.141. The van der Waals surface area contributed by atoms with Gasteiger partial charge in [-0.3, -0.25) is 0 Å². The van der Waals surface area contributed by atoms with Crippen LogP contribution in [0.5, 0.6) is 0 Å². The van der Waals surface area contributed by atoms with Crippen LogP contribution in [-0.2, 0) is 55.6 Å². The van der Waals surface area contributed by atoms with E-state index in [0.29, 0.717) is 12.1 Å². The van der Waals surface area contributed by atoms with Crippen molar-refractivity contribution in [3.05, 3.63) is 237 Å². The summed E-state index contributed by atoms with van der Waals surface area (Å²) < 4.78 is 394. The molecule has 0 fully saturated rings. The third kappa shape index (κ3) is 13.3. The molecule has 102 heavy (non-hydrogen) atoms. The van der Waals surface area contributed by atoms with Crippen LogP contribution in [0.25, 0.3) is 111 Å². The quantitative estimate of drug-likeness (QED) is 0.149. The first-order valence-corrected chi connectivity index (χ1v) is 28.7. The molecule has 0 N–H and O–H groups in total. The first-order valence-electron chi connectivity index (χ1n) is 28.7. The second-order valence-corrected chi connectivity index (χ2v) is 23.2. The zero-order valence-corrected chi connectivity index (χ0v) is 49.7. The minimum atomic E-state index is -5.48. The van der Waals surface area contributed by atoms with Crippen LogP contribution >= 0.6 is 0 Å². The number of hydrogen-bond donors (Lipinski definition) is 0. The van der Waals surface area contributed by atoms with Crippen LogP contribution in [0.2, 0.25) is 0 Å². The highest BCUT2D eigenvalue weighted by molar-refractivity contribution is 6.13. The Morgan fingerprint density at radius 3 is 0.686 bits per heavy atom. The Kier molecular flexibility index (Phi) is 16.5. The van der Waals surface area contributed by atoms with Crippen molar-refractivity contribution in [1.29, 1.82) is 10.5 Å². The second-order valence-electron chi connectivity index (χ2n) is 23.2. The third-order valence-electron chi connectivity index (χ3n) is 16.6. The van der Waals surface area contributed by atoms with Crippen molar-refractivity contribution in [2.24, 2.45) is 0 Å². The third-order valence-corrected chi connectivity index (χ3v) is 16.6. The summed E-state index contributed by atoms with van der Waals surface area (Å²) in [5.74, 6) is 0. The van der Waals surface area contributed by atoms with Gasteiger partial charge in [-0.1, -0.05) is 48.5 Å². The Balaban J connectivity index is 1.26. The molecule has 0 atom stereocenters. The Morgan fingerprint density at radius 2 is 0.451 bits per heavy atom. The lowest BCUT2D eigenvalue weighted by molar-refractivity contribution is -0.144. The largest absolute Gasteiger partial charge is 0.416 e. The molecule has 0 saturated carbocycles. The van der Waals surface area contributed by atoms with Crippen LogP contribution < -0.4 is 0 Å². The molecule has 0 aliphatic heterocycles. The van der Waals surface area contributed by atoms with Gasteiger partial charge in [0.2, 0.25) is 0 Å². The molecule has 31 heteroatoms. The van der Waals surface area contributed by atoms with Gasteiger partial charge >= 0.3 is 55.6 Å². The smallest absolute Gasteiger partial charge is 0.309 e. The Labute approximate surface area is 552 Å². The number of benzene rings is 10. The molecule has 0 bridgehead atoms. The number of rotatable bonds is 7. The summed E-state index contributed by atoms with van der Waals surface area (Å²) >= 11 is 0. The topological polar surface area (TPSA) is 57.4 Å². The lowest BCUT2D eigenvalue weighted by atomic mass is 9.95. The van der Waals surface area contributed by atoms with Crippen molar-refractivity contribution in [3.63, 3.8) is 0 Å². The average Bonchev–Trinajstić information content (AvgIpc) is 1.55. The highest BCUT2D eigenvalue weighted by Crippen LogP contribution is 2.50. The maximum atomic E-state index is 15.2. The van der Waals surface area contributed by atoms with E-state index in [1.165, 1.54) is 6.07 Å². The first-order chi connectivity index (χ1) is 47.1. The van der Waals surface area contributed by atoms with E-state index in [0.717, 1.165) is 100 Å². The molecule has 0 saturated heterocycles. The Hall–Kier alpha value is -11.1. The summed E-state index contributed by atoms with van der Waals surface area (Å²) in [6, 6.07) is 19.6. The fourth-order valence-electron chi connectivity index (χ4n) is 12.0. The van der Waals surface area contributed by atoms with Crippen molar-refractivity contribution in [1.82, 2.24) is 9.13 Å². The molecule has 0 unspecified atom stereocenters. The SMILES string of the molecule is N#Cc1cc(-c2cc(-n3c4cc(-c5cc(C(F)(F)F)cc(C(F)(F)F)c5)ccc4c4ccc(-c5cc(C(F)(F)F)cc(C(F)(F)F)c5)cc43)c(C#N)cc2-n2c3cc(-c4cc(C(F)(F)F)cc(C(F)(F)F)c4)ccc3c3ccc(-c4cc(C(F)(F)F)cc(C(F)(F)F)c4)cc32)cc(C(F)(F)F)c1. The van der Waals surface area contributed by atoms with Gasteiger partial charge in [0.15, 0.2) is 0 Å². The fraction of sp³-hybridized carbons (Fsp3) is 0.127. The van der Waals surface area contributed by atoms with E-state index >= 15 is 13.2 Å². The van der Waals surface area contributed by atoms with Gasteiger partial charge in [0.05, 0.1) is 101 Å². The standard InChI is InChI=1S/C71H29F27N4/c72-63(73,74)43-10-32(30-99)9-41(19-43)56-29-57(101-58-20-33(37-11-44(64(75,76)77)25-45(12-37)65(78,79)80)1-5-52(58)53-6-2-34(21-59(53)101)38-13-46(66(81,82)83)26-47(14-38)67(84,85)86)42(31-100)24-62(56)102-60-22-35(39-15-48(68(87,88)89)27-49(16-39)69(90,91)92)3-7-54(60)55-8-4-36(23-61(55)102)40-17-50(70(93,94)95)28-51(18-40)71(96,97)98/h1-29H. The van der Waals surface area contributed by atoms with Gasteiger partial charge in [0, 0.05) is 27.1 Å². The van der Waals surface area contributed by atoms with Crippen LogP contribution in [-0.4, -0.2) is 9.13 Å². The minimum Gasteiger partial charge on any atom is -0.309 e. The lowest BCUT2D eigenvalue weighted by Gasteiger charge is -2.20. The molecule has 0 aliphatic rings. The van der Waals surface area contributed by atoms with Crippen LogP contribution in [0.15, 0.2) is 176 Å². The van der Waals surface area contributed by atoms with Crippen molar-refractivity contribution in [2.45, 2.75) is 55.6 Å². The van der Waals surface area contributed by atoms with Crippen molar-refractivity contribution >= 4 is 43.6 Å². The molecule has 12 rings (SSSR count).